The molecule has 1 aliphatic rings. The summed E-state index contributed by atoms with van der Waals surface area (Å²) in [7, 11) is 0. The molecule has 1 atom stereocenters. The van der Waals surface area contributed by atoms with Gasteiger partial charge in [-0.1, -0.05) is 36.4 Å². The summed E-state index contributed by atoms with van der Waals surface area (Å²) in [5.41, 5.74) is 2.48. The smallest absolute Gasteiger partial charge is 0.253 e. The quantitative estimate of drug-likeness (QED) is 0.675. The second-order valence-corrected chi connectivity index (χ2v) is 7.30. The van der Waals surface area contributed by atoms with Gasteiger partial charge in [0, 0.05) is 23.5 Å². The van der Waals surface area contributed by atoms with E-state index in [1.807, 2.05) is 12.1 Å². The van der Waals surface area contributed by atoms with Crippen LogP contribution in [0.1, 0.15) is 24.3 Å². The first-order valence-corrected chi connectivity index (χ1v) is 8.80. The molecular formula is C21H22N2O3. The van der Waals surface area contributed by atoms with Crippen molar-refractivity contribution in [1.82, 2.24) is 9.88 Å². The van der Waals surface area contributed by atoms with E-state index < -0.39 is 6.23 Å². The van der Waals surface area contributed by atoms with Crippen molar-refractivity contribution in [3.63, 3.8) is 0 Å². The maximum absolute atomic E-state index is 12.3. The average Bonchev–Trinajstić information content (AvgIpc) is 2.97. The van der Waals surface area contributed by atoms with Gasteiger partial charge in [-0.25, -0.2) is 0 Å². The highest BCUT2D eigenvalue weighted by Gasteiger charge is 2.32. The van der Waals surface area contributed by atoms with Gasteiger partial charge in [0.1, 0.15) is 12.0 Å². The van der Waals surface area contributed by atoms with E-state index in [4.69, 9.17) is 0 Å². The molecule has 1 aromatic heterocycles. The molecular weight excluding hydrogens is 328 g/mol. The number of rotatable bonds is 4. The molecule has 134 valence electrons. The van der Waals surface area contributed by atoms with Crippen molar-refractivity contribution < 1.29 is 10.2 Å². The topological polar surface area (TPSA) is 74.5 Å². The Kier molecular flexibility index (Phi) is 4.05. The lowest BCUT2D eigenvalue weighted by Crippen LogP contribution is -2.46. The Morgan fingerprint density at radius 2 is 1.77 bits per heavy atom. The first kappa shape index (κ1) is 16.8. The van der Waals surface area contributed by atoms with Crippen LogP contribution in [0.2, 0.25) is 0 Å². The first-order valence-electron chi connectivity index (χ1n) is 8.80. The van der Waals surface area contributed by atoms with E-state index in [-0.39, 0.29) is 23.4 Å². The van der Waals surface area contributed by atoms with Crippen molar-refractivity contribution in [2.24, 2.45) is 0 Å². The highest BCUT2D eigenvalue weighted by molar-refractivity contribution is 5.84. The zero-order valence-corrected chi connectivity index (χ0v) is 14.6. The van der Waals surface area contributed by atoms with Crippen molar-refractivity contribution in [3.8, 4) is 5.75 Å². The Hall–Kier alpha value is -2.63. The number of aromatic hydroxyl groups is 1. The fourth-order valence-corrected chi connectivity index (χ4v) is 3.95. The van der Waals surface area contributed by atoms with E-state index in [0.717, 1.165) is 12.8 Å². The summed E-state index contributed by atoms with van der Waals surface area (Å²) in [4.78, 5) is 12.3. The lowest BCUT2D eigenvalue weighted by Gasteiger charge is -2.28. The van der Waals surface area contributed by atoms with Gasteiger partial charge in [0.05, 0.1) is 5.52 Å². The minimum atomic E-state index is -1.07. The summed E-state index contributed by atoms with van der Waals surface area (Å²) in [5.74, 6) is -0.0151. The Balaban J connectivity index is 1.59. The third-order valence-electron chi connectivity index (χ3n) is 5.22. The fraction of sp³-hybridized carbons (Fsp3) is 0.286. The second kappa shape index (κ2) is 6.27. The number of pyridine rings is 1. The third kappa shape index (κ3) is 2.89. The molecule has 5 heteroatoms. The molecule has 0 bridgehead atoms. The number of aliphatic hydroxyl groups excluding tert-OH is 1. The molecule has 0 saturated carbocycles. The lowest BCUT2D eigenvalue weighted by atomic mass is 9.98. The van der Waals surface area contributed by atoms with Crippen LogP contribution in [0.25, 0.3) is 10.9 Å². The molecule has 1 heterocycles. The number of aromatic nitrogens is 1. The van der Waals surface area contributed by atoms with E-state index >= 15 is 0 Å². The number of benzene rings is 2. The van der Waals surface area contributed by atoms with Crippen molar-refractivity contribution in [2.75, 3.05) is 6.54 Å². The number of nitrogens with one attached hydrogen (secondary N) is 1. The Morgan fingerprint density at radius 1 is 1.08 bits per heavy atom. The third-order valence-corrected chi connectivity index (χ3v) is 5.22. The summed E-state index contributed by atoms with van der Waals surface area (Å²) >= 11 is 0. The first-order chi connectivity index (χ1) is 12.5. The van der Waals surface area contributed by atoms with Crippen molar-refractivity contribution in [2.45, 2.75) is 31.5 Å². The standard InChI is InChI=1S/C21H22N2O3/c1-21(11-15-5-2-3-6-16(15)12-21)22-13-19(26)23-18(25)10-9-14-7-4-8-17(24)20(14)23/h2-10,19,22,24,26H,11-13H2,1H3/t19-/m1/s1. The number of fused-ring (bicyclic) bond motifs is 2. The van der Waals surface area contributed by atoms with Crippen LogP contribution in [-0.4, -0.2) is 26.9 Å². The SMILES string of the molecule is CC1(NC[C@@H](O)n2c(=O)ccc3cccc(O)c32)Cc2ccccc2C1. The number of β-amino-alcohol motifs (C(OH)–C–C–N with tert-alkyl or cyclic N) is 1. The van der Waals surface area contributed by atoms with Gasteiger partial charge in [0.2, 0.25) is 0 Å². The highest BCUT2D eigenvalue weighted by atomic mass is 16.3. The normalized spacial score (nSPS) is 16.5. The molecule has 4 rings (SSSR count). The van der Waals surface area contributed by atoms with Crippen LogP contribution in [0.4, 0.5) is 0 Å². The molecule has 0 amide bonds. The van der Waals surface area contributed by atoms with Gasteiger partial charge in [0.25, 0.3) is 5.56 Å². The number of phenols is 1. The van der Waals surface area contributed by atoms with Crippen LogP contribution < -0.4 is 10.9 Å². The van der Waals surface area contributed by atoms with E-state index in [1.165, 1.54) is 27.8 Å². The number of nitrogens with zero attached hydrogens (tertiary/aromatic N) is 1. The van der Waals surface area contributed by atoms with E-state index in [0.29, 0.717) is 10.9 Å². The molecule has 3 N–H and O–H groups in total. The van der Waals surface area contributed by atoms with Gasteiger partial charge < -0.3 is 15.5 Å². The van der Waals surface area contributed by atoms with Gasteiger partial charge in [-0.15, -0.1) is 0 Å². The predicted molar refractivity (Wildman–Crippen MR) is 101 cm³/mol. The second-order valence-electron chi connectivity index (χ2n) is 7.30. The molecule has 0 spiro atoms. The number of hydrogen-bond acceptors (Lipinski definition) is 4. The van der Waals surface area contributed by atoms with Gasteiger partial charge in [-0.3, -0.25) is 9.36 Å². The van der Waals surface area contributed by atoms with E-state index in [9.17, 15) is 15.0 Å². The minimum Gasteiger partial charge on any atom is -0.506 e. The van der Waals surface area contributed by atoms with Crippen molar-refractivity contribution in [1.29, 1.82) is 0 Å². The molecule has 0 radical (unpaired) electrons. The molecule has 2 aromatic carbocycles. The van der Waals surface area contributed by atoms with Crippen LogP contribution in [0, 0.1) is 0 Å². The van der Waals surface area contributed by atoms with E-state index in [2.05, 4.69) is 24.4 Å². The van der Waals surface area contributed by atoms with Gasteiger partial charge in [-0.2, -0.15) is 0 Å². The maximum Gasteiger partial charge on any atom is 0.253 e. The number of aliphatic hydroxyl groups is 1. The monoisotopic (exact) mass is 350 g/mol. The number of para-hydroxylation sites is 1. The molecule has 26 heavy (non-hydrogen) atoms. The van der Waals surface area contributed by atoms with Gasteiger partial charge in [-0.05, 0) is 43.0 Å². The van der Waals surface area contributed by atoms with Gasteiger partial charge >= 0.3 is 0 Å². The van der Waals surface area contributed by atoms with Crippen LogP contribution in [0.5, 0.6) is 5.75 Å². The molecule has 5 nitrogen and oxygen atoms in total. The van der Waals surface area contributed by atoms with Crippen molar-refractivity contribution >= 4 is 10.9 Å². The average molecular weight is 350 g/mol. The Morgan fingerprint density at radius 3 is 2.46 bits per heavy atom. The molecule has 0 saturated heterocycles. The summed E-state index contributed by atoms with van der Waals surface area (Å²) < 4.78 is 1.25. The number of hydrogen-bond donors (Lipinski definition) is 3. The van der Waals surface area contributed by atoms with Gasteiger partial charge in [0.15, 0.2) is 0 Å². The molecule has 0 fully saturated rings. The minimum absolute atomic E-state index is 0.0151. The van der Waals surface area contributed by atoms with Crippen LogP contribution in [0.3, 0.4) is 0 Å². The number of phenolic OH excluding ortho intramolecular Hbond substituents is 1. The molecule has 0 unspecified atom stereocenters. The summed E-state index contributed by atoms with van der Waals surface area (Å²) in [5, 5.41) is 25.0. The Labute approximate surface area is 151 Å². The zero-order chi connectivity index (χ0) is 18.3. The summed E-state index contributed by atoms with van der Waals surface area (Å²) in [6.07, 6.45) is 0.692. The van der Waals surface area contributed by atoms with Crippen LogP contribution in [-0.2, 0) is 12.8 Å². The molecule has 3 aromatic rings. The fourth-order valence-electron chi connectivity index (χ4n) is 3.95. The molecule has 1 aliphatic carbocycles. The van der Waals surface area contributed by atoms with E-state index in [1.54, 1.807) is 18.2 Å². The summed E-state index contributed by atoms with van der Waals surface area (Å²) in [6.45, 7) is 2.35. The van der Waals surface area contributed by atoms with Crippen LogP contribution >= 0.6 is 0 Å². The molecule has 0 aliphatic heterocycles. The summed E-state index contributed by atoms with van der Waals surface area (Å²) in [6, 6.07) is 16.5. The predicted octanol–water partition coefficient (Wildman–Crippen LogP) is 2.35. The maximum atomic E-state index is 12.3. The van der Waals surface area contributed by atoms with Crippen LogP contribution in [0.15, 0.2) is 59.4 Å². The van der Waals surface area contributed by atoms with Crippen molar-refractivity contribution in [3.05, 3.63) is 76.1 Å². The largest absolute Gasteiger partial charge is 0.506 e. The zero-order valence-electron chi connectivity index (χ0n) is 14.6. The highest BCUT2D eigenvalue weighted by Crippen LogP contribution is 2.30. The Bertz CT molecular complexity index is 1000. The lowest BCUT2D eigenvalue weighted by molar-refractivity contribution is 0.0931.